The number of nitrogens with one attached hydrogen (secondary N) is 2. The number of benzene rings is 2. The van der Waals surface area contributed by atoms with Gasteiger partial charge in [-0.15, -0.1) is 0 Å². The van der Waals surface area contributed by atoms with E-state index in [0.717, 1.165) is 5.56 Å². The van der Waals surface area contributed by atoms with Crippen molar-refractivity contribution in [1.82, 2.24) is 10.6 Å². The van der Waals surface area contributed by atoms with Crippen LogP contribution in [0.4, 0.5) is 4.39 Å². The van der Waals surface area contributed by atoms with E-state index in [9.17, 15) is 9.18 Å². The van der Waals surface area contributed by atoms with E-state index in [1.54, 1.807) is 12.1 Å². The summed E-state index contributed by atoms with van der Waals surface area (Å²) < 4.78 is 13.1. The number of amides is 1. The molecule has 0 spiro atoms. The van der Waals surface area contributed by atoms with Crippen LogP contribution in [-0.2, 0) is 24.3 Å². The molecule has 1 amide bonds. The van der Waals surface area contributed by atoms with Crippen molar-refractivity contribution in [3.8, 4) is 0 Å². The zero-order valence-electron chi connectivity index (χ0n) is 11.6. The molecule has 108 valence electrons. The molecular weight excluding hydrogens is 267 g/mol. The van der Waals surface area contributed by atoms with E-state index in [2.05, 4.69) is 22.8 Å². The number of carbonyl (C=O) groups excluding carboxylic acids is 1. The fourth-order valence-corrected chi connectivity index (χ4v) is 2.60. The van der Waals surface area contributed by atoms with Crippen LogP contribution < -0.4 is 10.6 Å². The summed E-state index contributed by atoms with van der Waals surface area (Å²) in [5.74, 6) is -0.333. The Labute approximate surface area is 123 Å². The molecule has 0 aromatic heterocycles. The number of hydrogen-bond acceptors (Lipinski definition) is 2. The van der Waals surface area contributed by atoms with E-state index in [-0.39, 0.29) is 17.8 Å². The fourth-order valence-electron chi connectivity index (χ4n) is 2.60. The maximum absolute atomic E-state index is 13.1. The Hall–Kier alpha value is -2.20. The molecule has 4 heteroatoms. The fraction of sp³-hybridized carbons (Fsp3) is 0.235. The summed E-state index contributed by atoms with van der Waals surface area (Å²) >= 11 is 0. The second-order valence-electron chi connectivity index (χ2n) is 5.25. The van der Waals surface area contributed by atoms with Crippen LogP contribution in [0, 0.1) is 5.82 Å². The van der Waals surface area contributed by atoms with E-state index >= 15 is 0 Å². The van der Waals surface area contributed by atoms with Crippen LogP contribution in [0.1, 0.15) is 16.7 Å². The molecule has 0 saturated carbocycles. The highest BCUT2D eigenvalue weighted by atomic mass is 19.1. The topological polar surface area (TPSA) is 41.1 Å². The molecule has 0 fully saturated rings. The van der Waals surface area contributed by atoms with Crippen molar-refractivity contribution in [1.29, 1.82) is 0 Å². The highest BCUT2D eigenvalue weighted by Gasteiger charge is 2.23. The number of carbonyl (C=O) groups is 1. The Morgan fingerprint density at radius 3 is 2.81 bits per heavy atom. The van der Waals surface area contributed by atoms with Gasteiger partial charge in [-0.3, -0.25) is 4.79 Å². The van der Waals surface area contributed by atoms with E-state index < -0.39 is 0 Å². The largest absolute Gasteiger partial charge is 0.351 e. The second-order valence-corrected chi connectivity index (χ2v) is 5.25. The van der Waals surface area contributed by atoms with Crippen molar-refractivity contribution < 1.29 is 9.18 Å². The minimum absolute atomic E-state index is 0.0474. The van der Waals surface area contributed by atoms with Crippen LogP contribution in [0.25, 0.3) is 0 Å². The van der Waals surface area contributed by atoms with Crippen molar-refractivity contribution in [2.75, 3.05) is 0 Å². The molecule has 1 aliphatic rings. The first kappa shape index (κ1) is 13.8. The molecule has 1 heterocycles. The van der Waals surface area contributed by atoms with Gasteiger partial charge in [0.05, 0.1) is 6.04 Å². The van der Waals surface area contributed by atoms with Gasteiger partial charge < -0.3 is 10.6 Å². The van der Waals surface area contributed by atoms with E-state index in [1.807, 2.05) is 12.1 Å². The highest BCUT2D eigenvalue weighted by Crippen LogP contribution is 2.16. The molecule has 3 nitrogen and oxygen atoms in total. The molecule has 0 bridgehead atoms. The Balaban J connectivity index is 1.59. The molecule has 2 aromatic rings. The van der Waals surface area contributed by atoms with Crippen LogP contribution in [0.3, 0.4) is 0 Å². The van der Waals surface area contributed by atoms with E-state index in [4.69, 9.17) is 0 Å². The summed E-state index contributed by atoms with van der Waals surface area (Å²) in [6, 6.07) is 14.2. The monoisotopic (exact) mass is 284 g/mol. The minimum atomic E-state index is -0.286. The van der Waals surface area contributed by atoms with Crippen molar-refractivity contribution in [2.45, 2.75) is 25.6 Å². The molecule has 1 unspecified atom stereocenters. The zero-order chi connectivity index (χ0) is 14.7. The average molecular weight is 284 g/mol. The van der Waals surface area contributed by atoms with Gasteiger partial charge in [0.2, 0.25) is 5.91 Å². The summed E-state index contributed by atoms with van der Waals surface area (Å²) in [6.45, 7) is 1.05. The van der Waals surface area contributed by atoms with Crippen LogP contribution >= 0.6 is 0 Å². The van der Waals surface area contributed by atoms with Gasteiger partial charge >= 0.3 is 0 Å². The van der Waals surface area contributed by atoms with Gasteiger partial charge in [-0.05, 0) is 35.2 Å². The molecule has 0 aliphatic carbocycles. The van der Waals surface area contributed by atoms with Gasteiger partial charge in [0, 0.05) is 13.1 Å². The Bertz CT molecular complexity index is 657. The lowest BCUT2D eigenvalue weighted by Crippen LogP contribution is -2.47. The van der Waals surface area contributed by atoms with Gasteiger partial charge in [-0.2, -0.15) is 0 Å². The number of hydrogen-bond donors (Lipinski definition) is 2. The van der Waals surface area contributed by atoms with Crippen molar-refractivity contribution >= 4 is 5.91 Å². The summed E-state index contributed by atoms with van der Waals surface area (Å²) in [6.07, 6.45) is 0.686. The summed E-state index contributed by atoms with van der Waals surface area (Å²) in [7, 11) is 0. The summed E-state index contributed by atoms with van der Waals surface area (Å²) in [5.41, 5.74) is 3.22. The van der Waals surface area contributed by atoms with Gasteiger partial charge in [0.1, 0.15) is 5.82 Å². The quantitative estimate of drug-likeness (QED) is 0.907. The predicted octanol–water partition coefficient (Wildman–Crippen LogP) is 2.16. The van der Waals surface area contributed by atoms with Crippen LogP contribution in [0.5, 0.6) is 0 Å². The third-order valence-corrected chi connectivity index (χ3v) is 3.75. The molecular formula is C17H17FN2O. The first-order valence-corrected chi connectivity index (χ1v) is 7.05. The van der Waals surface area contributed by atoms with Crippen molar-refractivity contribution in [3.63, 3.8) is 0 Å². The molecule has 21 heavy (non-hydrogen) atoms. The lowest BCUT2D eigenvalue weighted by molar-refractivity contribution is -0.123. The van der Waals surface area contributed by atoms with E-state index in [1.165, 1.54) is 23.3 Å². The zero-order valence-corrected chi connectivity index (χ0v) is 11.6. The number of fused-ring (bicyclic) bond motifs is 1. The van der Waals surface area contributed by atoms with Gasteiger partial charge in [-0.1, -0.05) is 36.4 Å². The smallest absolute Gasteiger partial charge is 0.237 e. The van der Waals surface area contributed by atoms with Gasteiger partial charge in [-0.25, -0.2) is 4.39 Å². The molecule has 0 saturated heterocycles. The SMILES string of the molecule is O=C(NCc1cccc(F)c1)C1Cc2ccccc2CN1. The first-order valence-electron chi connectivity index (χ1n) is 7.05. The normalized spacial score (nSPS) is 17.1. The summed E-state index contributed by atoms with van der Waals surface area (Å²) in [4.78, 5) is 12.2. The standard InChI is InChI=1S/C17H17FN2O/c18-15-7-3-4-12(8-15)10-20-17(21)16-9-13-5-1-2-6-14(13)11-19-16/h1-8,16,19H,9-11H2,(H,20,21). The summed E-state index contributed by atoms with van der Waals surface area (Å²) in [5, 5.41) is 6.10. The van der Waals surface area contributed by atoms with Gasteiger partial charge in [0.15, 0.2) is 0 Å². The molecule has 0 radical (unpaired) electrons. The van der Waals surface area contributed by atoms with E-state index in [0.29, 0.717) is 19.5 Å². The average Bonchev–Trinajstić information content (AvgIpc) is 2.52. The van der Waals surface area contributed by atoms with Crippen LogP contribution in [-0.4, -0.2) is 11.9 Å². The minimum Gasteiger partial charge on any atom is -0.351 e. The lowest BCUT2D eigenvalue weighted by Gasteiger charge is -2.25. The Kier molecular flexibility index (Phi) is 3.97. The van der Waals surface area contributed by atoms with Crippen LogP contribution in [0.15, 0.2) is 48.5 Å². The first-order chi connectivity index (χ1) is 10.2. The van der Waals surface area contributed by atoms with Crippen molar-refractivity contribution in [2.24, 2.45) is 0 Å². The Morgan fingerprint density at radius 1 is 1.19 bits per heavy atom. The third kappa shape index (κ3) is 3.28. The van der Waals surface area contributed by atoms with Crippen LogP contribution in [0.2, 0.25) is 0 Å². The maximum Gasteiger partial charge on any atom is 0.237 e. The molecule has 1 aliphatic heterocycles. The molecule has 2 aromatic carbocycles. The lowest BCUT2D eigenvalue weighted by atomic mass is 9.95. The maximum atomic E-state index is 13.1. The molecule has 1 atom stereocenters. The molecule has 2 N–H and O–H groups in total. The van der Waals surface area contributed by atoms with Gasteiger partial charge in [0.25, 0.3) is 0 Å². The number of rotatable bonds is 3. The molecule has 3 rings (SSSR count). The third-order valence-electron chi connectivity index (χ3n) is 3.75. The Morgan fingerprint density at radius 2 is 2.00 bits per heavy atom. The number of halogens is 1. The predicted molar refractivity (Wildman–Crippen MR) is 79.0 cm³/mol. The second kappa shape index (κ2) is 6.06. The van der Waals surface area contributed by atoms with Crippen molar-refractivity contribution in [3.05, 3.63) is 71.0 Å². The highest BCUT2D eigenvalue weighted by molar-refractivity contribution is 5.82.